The van der Waals surface area contributed by atoms with E-state index in [9.17, 15) is 4.79 Å². The van der Waals surface area contributed by atoms with Crippen LogP contribution < -0.4 is 15.6 Å². The fraction of sp³-hybridized carbons (Fsp3) is 0.150. The number of nitrogens with zero attached hydrogens (tertiary/aromatic N) is 3. The fourth-order valence-corrected chi connectivity index (χ4v) is 2.89. The molecule has 0 fully saturated rings. The molecule has 7 nitrogen and oxygen atoms in total. The molecule has 0 saturated heterocycles. The molecular weight excluding hydrogens is 344 g/mol. The van der Waals surface area contributed by atoms with Gasteiger partial charge >= 0.3 is 5.56 Å². The van der Waals surface area contributed by atoms with E-state index in [4.69, 9.17) is 9.15 Å². The summed E-state index contributed by atoms with van der Waals surface area (Å²) in [5, 5.41) is 3.20. The van der Waals surface area contributed by atoms with Crippen LogP contribution >= 0.6 is 0 Å². The monoisotopic (exact) mass is 362 g/mol. The van der Waals surface area contributed by atoms with Crippen LogP contribution in [0.25, 0.3) is 11.1 Å². The zero-order valence-electron chi connectivity index (χ0n) is 15.0. The predicted octanol–water partition coefficient (Wildman–Crippen LogP) is 3.49. The molecule has 2 heterocycles. The predicted molar refractivity (Wildman–Crippen MR) is 103 cm³/mol. The minimum Gasteiger partial charge on any atom is -0.490 e. The van der Waals surface area contributed by atoms with Gasteiger partial charge in [-0.15, -0.1) is 0 Å². The first-order valence-corrected chi connectivity index (χ1v) is 8.46. The summed E-state index contributed by atoms with van der Waals surface area (Å²) in [7, 11) is 1.45. The Morgan fingerprint density at radius 3 is 2.70 bits per heavy atom. The van der Waals surface area contributed by atoms with Gasteiger partial charge in [-0.3, -0.25) is 4.79 Å². The van der Waals surface area contributed by atoms with Crippen molar-refractivity contribution in [3.05, 3.63) is 76.5 Å². The molecule has 0 atom stereocenters. The number of methoxy groups -OCH3 is 1. The van der Waals surface area contributed by atoms with Crippen molar-refractivity contribution in [2.45, 2.75) is 13.5 Å². The van der Waals surface area contributed by atoms with Crippen LogP contribution in [-0.2, 0) is 6.54 Å². The van der Waals surface area contributed by atoms with Crippen molar-refractivity contribution in [2.24, 2.45) is 0 Å². The summed E-state index contributed by atoms with van der Waals surface area (Å²) in [6.45, 7) is 2.32. The zero-order chi connectivity index (χ0) is 18.8. The Hall–Kier alpha value is -3.61. The summed E-state index contributed by atoms with van der Waals surface area (Å²) in [6.07, 6.45) is 1.65. The molecule has 2 aromatic heterocycles. The number of aryl methyl sites for hydroxylation is 1. The molecule has 0 aliphatic rings. The highest BCUT2D eigenvalue weighted by molar-refractivity contribution is 5.87. The summed E-state index contributed by atoms with van der Waals surface area (Å²) < 4.78 is 12.7. The lowest BCUT2D eigenvalue weighted by molar-refractivity contribution is 0.402. The van der Waals surface area contributed by atoms with Gasteiger partial charge in [0, 0.05) is 6.92 Å². The molecule has 0 spiro atoms. The highest BCUT2D eigenvalue weighted by Crippen LogP contribution is 2.26. The average Bonchev–Trinajstić information content (AvgIpc) is 3.06. The molecule has 0 aliphatic carbocycles. The third-order valence-corrected chi connectivity index (χ3v) is 4.15. The Morgan fingerprint density at radius 1 is 1.11 bits per heavy atom. The second-order valence-corrected chi connectivity index (χ2v) is 6.06. The van der Waals surface area contributed by atoms with E-state index in [0.29, 0.717) is 29.7 Å². The maximum absolute atomic E-state index is 12.2. The van der Waals surface area contributed by atoms with Crippen molar-refractivity contribution in [2.75, 3.05) is 12.4 Å². The van der Waals surface area contributed by atoms with Crippen molar-refractivity contribution >= 4 is 22.7 Å². The zero-order valence-corrected chi connectivity index (χ0v) is 15.0. The second kappa shape index (κ2) is 6.95. The summed E-state index contributed by atoms with van der Waals surface area (Å²) >= 11 is 0. The molecule has 2 aromatic carbocycles. The Bertz CT molecular complexity index is 1150. The van der Waals surface area contributed by atoms with Crippen LogP contribution in [0.2, 0.25) is 0 Å². The van der Waals surface area contributed by atoms with Gasteiger partial charge in [-0.1, -0.05) is 36.4 Å². The lowest BCUT2D eigenvalue weighted by Gasteiger charge is -2.15. The molecule has 0 unspecified atom stereocenters. The highest BCUT2D eigenvalue weighted by Gasteiger charge is 2.13. The maximum atomic E-state index is 12.2. The number of aromatic nitrogens is 3. The van der Waals surface area contributed by atoms with Crippen LogP contribution in [0.4, 0.5) is 11.6 Å². The largest absolute Gasteiger partial charge is 0.490 e. The lowest BCUT2D eigenvalue weighted by atomic mass is 10.2. The van der Waals surface area contributed by atoms with Crippen LogP contribution in [0.15, 0.2) is 63.9 Å². The van der Waals surface area contributed by atoms with E-state index >= 15 is 0 Å². The minimum atomic E-state index is -0.440. The molecule has 27 heavy (non-hydrogen) atoms. The smallest absolute Gasteiger partial charge is 0.316 e. The van der Waals surface area contributed by atoms with Gasteiger partial charge in [0.25, 0.3) is 0 Å². The Morgan fingerprint density at radius 2 is 1.93 bits per heavy atom. The number of hydrogen-bond acceptors (Lipinski definition) is 6. The number of hydrogen-bond donors (Lipinski definition) is 1. The molecule has 0 aliphatic heterocycles. The van der Waals surface area contributed by atoms with Crippen LogP contribution in [0.3, 0.4) is 0 Å². The SMILES string of the molecule is COc1cn(Cc2ccccc2)c(Nc2cccc3nc(C)oc23)nc1=O. The van der Waals surface area contributed by atoms with Gasteiger partial charge in [0.05, 0.1) is 25.5 Å². The standard InChI is InChI=1S/C20H18N4O3/c1-13-21-15-9-6-10-16(18(15)27-13)22-20-23-19(25)17(26-2)12-24(20)11-14-7-4-3-5-8-14/h3-10,12H,11H2,1-2H3,(H,22,23,25). The number of rotatable bonds is 5. The lowest BCUT2D eigenvalue weighted by Crippen LogP contribution is -2.18. The third-order valence-electron chi connectivity index (χ3n) is 4.15. The van der Waals surface area contributed by atoms with Crippen LogP contribution in [0.5, 0.6) is 5.75 Å². The van der Waals surface area contributed by atoms with Crippen molar-refractivity contribution in [3.63, 3.8) is 0 Å². The van der Waals surface area contributed by atoms with Gasteiger partial charge in [-0.05, 0) is 17.7 Å². The number of oxazole rings is 1. The summed E-state index contributed by atoms with van der Waals surface area (Å²) in [5.41, 5.74) is 2.67. The fourth-order valence-electron chi connectivity index (χ4n) is 2.89. The van der Waals surface area contributed by atoms with E-state index in [0.717, 1.165) is 11.1 Å². The highest BCUT2D eigenvalue weighted by atomic mass is 16.5. The molecule has 0 radical (unpaired) electrons. The molecule has 4 rings (SSSR count). The van der Waals surface area contributed by atoms with Gasteiger partial charge in [0.15, 0.2) is 11.5 Å². The number of anilines is 2. The number of nitrogens with one attached hydrogen (secondary N) is 1. The molecule has 4 aromatic rings. The number of fused-ring (bicyclic) bond motifs is 1. The van der Waals surface area contributed by atoms with Crippen molar-refractivity contribution in [1.29, 1.82) is 0 Å². The summed E-state index contributed by atoms with van der Waals surface area (Å²) in [5.74, 6) is 1.15. The van der Waals surface area contributed by atoms with Gasteiger partial charge in [0.1, 0.15) is 5.52 Å². The second-order valence-electron chi connectivity index (χ2n) is 6.06. The quantitative estimate of drug-likeness (QED) is 0.585. The van der Waals surface area contributed by atoms with Crippen LogP contribution in [0.1, 0.15) is 11.5 Å². The molecule has 0 saturated carbocycles. The van der Waals surface area contributed by atoms with Gasteiger partial charge in [-0.2, -0.15) is 4.98 Å². The van der Waals surface area contributed by atoms with Gasteiger partial charge in [-0.25, -0.2) is 4.98 Å². The normalized spacial score (nSPS) is 10.9. The minimum absolute atomic E-state index is 0.185. The Kier molecular flexibility index (Phi) is 4.33. The number of para-hydroxylation sites is 1. The molecular formula is C20H18N4O3. The van der Waals surface area contributed by atoms with Crippen molar-refractivity contribution in [3.8, 4) is 5.75 Å². The molecule has 1 N–H and O–H groups in total. The number of benzene rings is 2. The molecule has 7 heteroatoms. The van der Waals surface area contributed by atoms with E-state index in [1.165, 1.54) is 7.11 Å². The van der Waals surface area contributed by atoms with Crippen molar-refractivity contribution in [1.82, 2.24) is 14.5 Å². The van der Waals surface area contributed by atoms with E-state index in [1.807, 2.05) is 53.1 Å². The Balaban J connectivity index is 1.78. The van der Waals surface area contributed by atoms with Gasteiger partial charge < -0.3 is 19.0 Å². The molecule has 136 valence electrons. The Labute approximate surface area is 155 Å². The van der Waals surface area contributed by atoms with E-state index < -0.39 is 5.56 Å². The van der Waals surface area contributed by atoms with Crippen LogP contribution in [-0.4, -0.2) is 21.6 Å². The van der Waals surface area contributed by atoms with E-state index in [-0.39, 0.29) is 5.75 Å². The first kappa shape index (κ1) is 16.8. The van der Waals surface area contributed by atoms with Crippen LogP contribution in [0, 0.1) is 6.92 Å². The topological polar surface area (TPSA) is 82.2 Å². The first-order valence-electron chi connectivity index (χ1n) is 8.46. The maximum Gasteiger partial charge on any atom is 0.316 e. The first-order chi connectivity index (χ1) is 13.1. The third kappa shape index (κ3) is 3.39. The molecule has 0 bridgehead atoms. The molecule has 0 amide bonds. The number of ether oxygens (including phenoxy) is 1. The average molecular weight is 362 g/mol. The van der Waals surface area contributed by atoms with Gasteiger partial charge in [0.2, 0.25) is 11.7 Å². The summed E-state index contributed by atoms with van der Waals surface area (Å²) in [6, 6.07) is 15.5. The summed E-state index contributed by atoms with van der Waals surface area (Å²) in [4.78, 5) is 20.7. The van der Waals surface area contributed by atoms with E-state index in [1.54, 1.807) is 13.1 Å². The van der Waals surface area contributed by atoms with Crippen molar-refractivity contribution < 1.29 is 9.15 Å². The van der Waals surface area contributed by atoms with E-state index in [2.05, 4.69) is 15.3 Å².